The molecule has 1 aliphatic rings. The number of β-amino-alcohol motifs (C(OH)–C–C–N with tert-alkyl or cyclic N) is 1. The number of hydrogen-bond acceptors (Lipinski definition) is 4. The van der Waals surface area contributed by atoms with Crippen molar-refractivity contribution >= 4 is 0 Å². The van der Waals surface area contributed by atoms with Gasteiger partial charge in [0, 0.05) is 32.7 Å². The second kappa shape index (κ2) is 7.36. The van der Waals surface area contributed by atoms with E-state index in [2.05, 4.69) is 42.3 Å². The van der Waals surface area contributed by atoms with E-state index in [0.29, 0.717) is 13.1 Å². The van der Waals surface area contributed by atoms with Crippen LogP contribution in [0.2, 0.25) is 0 Å². The molecule has 4 heteroatoms. The Kier molecular flexibility index (Phi) is 5.76. The van der Waals surface area contributed by atoms with E-state index < -0.39 is 5.60 Å². The third-order valence-electron chi connectivity index (χ3n) is 4.07. The Hall–Kier alpha value is -0.940. The molecule has 2 rings (SSSR count). The standard InChI is InChI=1S/C17H28N2O2/c1-14-4-5-16(10-15(14)2)11-18-12-17(3,20)13-19-6-8-21-9-7-19/h4-5,10,18,20H,6-9,11-13H2,1-3H3. The van der Waals surface area contributed by atoms with E-state index in [9.17, 15) is 5.11 Å². The quantitative estimate of drug-likeness (QED) is 0.833. The van der Waals surface area contributed by atoms with E-state index >= 15 is 0 Å². The van der Waals surface area contributed by atoms with E-state index in [4.69, 9.17) is 4.74 Å². The van der Waals surface area contributed by atoms with Gasteiger partial charge in [0.05, 0.1) is 18.8 Å². The minimum Gasteiger partial charge on any atom is -0.388 e. The van der Waals surface area contributed by atoms with Crippen LogP contribution in [-0.2, 0) is 11.3 Å². The summed E-state index contributed by atoms with van der Waals surface area (Å²) in [6, 6.07) is 6.50. The number of nitrogens with zero attached hydrogens (tertiary/aromatic N) is 1. The zero-order valence-electron chi connectivity index (χ0n) is 13.5. The van der Waals surface area contributed by atoms with Crippen LogP contribution in [0, 0.1) is 13.8 Å². The second-order valence-electron chi connectivity index (χ2n) is 6.41. The summed E-state index contributed by atoms with van der Waals surface area (Å²) < 4.78 is 5.34. The first-order valence-electron chi connectivity index (χ1n) is 7.76. The molecule has 118 valence electrons. The molecule has 1 heterocycles. The van der Waals surface area contributed by atoms with Gasteiger partial charge in [-0.2, -0.15) is 0 Å². The molecule has 0 bridgehead atoms. The topological polar surface area (TPSA) is 44.7 Å². The molecule has 0 amide bonds. The number of hydrogen-bond donors (Lipinski definition) is 2. The van der Waals surface area contributed by atoms with E-state index in [-0.39, 0.29) is 0 Å². The zero-order valence-corrected chi connectivity index (χ0v) is 13.5. The Labute approximate surface area is 128 Å². The van der Waals surface area contributed by atoms with Crippen molar-refractivity contribution in [3.05, 3.63) is 34.9 Å². The van der Waals surface area contributed by atoms with Crippen molar-refractivity contribution in [2.45, 2.75) is 32.9 Å². The SMILES string of the molecule is Cc1ccc(CNCC(C)(O)CN2CCOCC2)cc1C. The predicted octanol–water partition coefficient (Wildman–Crippen LogP) is 1.48. The largest absolute Gasteiger partial charge is 0.388 e. The average molecular weight is 292 g/mol. The number of benzene rings is 1. The van der Waals surface area contributed by atoms with Crippen LogP contribution in [0.15, 0.2) is 18.2 Å². The molecule has 0 aromatic heterocycles. The minimum absolute atomic E-state index is 0.595. The lowest BCUT2D eigenvalue weighted by molar-refractivity contribution is -0.0219. The number of morpholine rings is 1. The molecule has 0 radical (unpaired) electrons. The summed E-state index contributed by atoms with van der Waals surface area (Å²) in [6.07, 6.45) is 0. The highest BCUT2D eigenvalue weighted by atomic mass is 16.5. The fourth-order valence-electron chi connectivity index (χ4n) is 2.69. The third kappa shape index (κ3) is 5.40. The maximum atomic E-state index is 10.5. The predicted molar refractivity (Wildman–Crippen MR) is 85.5 cm³/mol. The van der Waals surface area contributed by atoms with Crippen LogP contribution in [0.25, 0.3) is 0 Å². The van der Waals surface area contributed by atoms with Crippen molar-refractivity contribution in [2.75, 3.05) is 39.4 Å². The van der Waals surface area contributed by atoms with Gasteiger partial charge in [-0.1, -0.05) is 18.2 Å². The molecule has 1 unspecified atom stereocenters. The Morgan fingerprint density at radius 1 is 1.24 bits per heavy atom. The summed E-state index contributed by atoms with van der Waals surface area (Å²) in [4.78, 5) is 2.27. The van der Waals surface area contributed by atoms with Gasteiger partial charge >= 0.3 is 0 Å². The summed E-state index contributed by atoms with van der Waals surface area (Å²) in [6.45, 7) is 11.6. The van der Waals surface area contributed by atoms with Gasteiger partial charge in [0.2, 0.25) is 0 Å². The molecule has 0 saturated carbocycles. The molecular formula is C17H28N2O2. The van der Waals surface area contributed by atoms with Gasteiger partial charge in [0.1, 0.15) is 0 Å². The highest BCUT2D eigenvalue weighted by molar-refractivity contribution is 5.29. The van der Waals surface area contributed by atoms with Crippen LogP contribution in [-0.4, -0.2) is 55.0 Å². The van der Waals surface area contributed by atoms with Gasteiger partial charge in [-0.15, -0.1) is 0 Å². The molecule has 0 aliphatic carbocycles. The number of nitrogens with one attached hydrogen (secondary N) is 1. The molecule has 1 atom stereocenters. The summed E-state index contributed by atoms with van der Waals surface area (Å²) in [7, 11) is 0. The van der Waals surface area contributed by atoms with Gasteiger partial charge < -0.3 is 15.2 Å². The molecule has 1 saturated heterocycles. The van der Waals surface area contributed by atoms with Gasteiger partial charge in [-0.3, -0.25) is 4.90 Å². The van der Waals surface area contributed by atoms with Crippen molar-refractivity contribution in [3.8, 4) is 0 Å². The summed E-state index contributed by atoms with van der Waals surface area (Å²) in [5.41, 5.74) is 3.18. The van der Waals surface area contributed by atoms with Crippen LogP contribution >= 0.6 is 0 Å². The molecule has 1 aliphatic heterocycles. The molecular weight excluding hydrogens is 264 g/mol. The summed E-state index contributed by atoms with van der Waals surface area (Å²) in [5, 5.41) is 13.9. The minimum atomic E-state index is -0.711. The van der Waals surface area contributed by atoms with Crippen LogP contribution in [0.1, 0.15) is 23.6 Å². The van der Waals surface area contributed by atoms with Crippen molar-refractivity contribution in [2.24, 2.45) is 0 Å². The number of rotatable bonds is 6. The first-order chi connectivity index (χ1) is 9.96. The lowest BCUT2D eigenvalue weighted by atomic mass is 10.0. The smallest absolute Gasteiger partial charge is 0.0869 e. The third-order valence-corrected chi connectivity index (χ3v) is 4.07. The van der Waals surface area contributed by atoms with Crippen molar-refractivity contribution in [1.82, 2.24) is 10.2 Å². The molecule has 0 spiro atoms. The fourth-order valence-corrected chi connectivity index (χ4v) is 2.69. The van der Waals surface area contributed by atoms with Crippen molar-refractivity contribution < 1.29 is 9.84 Å². The lowest BCUT2D eigenvalue weighted by Gasteiger charge is -2.34. The van der Waals surface area contributed by atoms with E-state index in [0.717, 1.165) is 32.8 Å². The van der Waals surface area contributed by atoms with E-state index in [1.165, 1.54) is 16.7 Å². The number of aliphatic hydroxyl groups is 1. The first kappa shape index (κ1) is 16.4. The average Bonchev–Trinajstić information content (AvgIpc) is 2.43. The maximum absolute atomic E-state index is 10.5. The van der Waals surface area contributed by atoms with Gasteiger partial charge in [0.15, 0.2) is 0 Å². The van der Waals surface area contributed by atoms with Gasteiger partial charge in [-0.25, -0.2) is 0 Å². The van der Waals surface area contributed by atoms with Crippen LogP contribution < -0.4 is 5.32 Å². The Morgan fingerprint density at radius 2 is 1.95 bits per heavy atom. The van der Waals surface area contributed by atoms with Gasteiger partial charge in [-0.05, 0) is 37.5 Å². The maximum Gasteiger partial charge on any atom is 0.0869 e. The normalized spacial score (nSPS) is 19.4. The number of aryl methyl sites for hydroxylation is 2. The Balaban J connectivity index is 1.76. The summed E-state index contributed by atoms with van der Waals surface area (Å²) >= 11 is 0. The highest BCUT2D eigenvalue weighted by Gasteiger charge is 2.24. The van der Waals surface area contributed by atoms with Crippen LogP contribution in [0.3, 0.4) is 0 Å². The number of ether oxygens (including phenoxy) is 1. The van der Waals surface area contributed by atoms with Crippen LogP contribution in [0.4, 0.5) is 0 Å². The molecule has 1 fully saturated rings. The fraction of sp³-hybridized carbons (Fsp3) is 0.647. The van der Waals surface area contributed by atoms with E-state index in [1.807, 2.05) is 6.92 Å². The molecule has 2 N–H and O–H groups in total. The summed E-state index contributed by atoms with van der Waals surface area (Å²) in [5.74, 6) is 0. The Morgan fingerprint density at radius 3 is 2.62 bits per heavy atom. The zero-order chi connectivity index (χ0) is 15.3. The van der Waals surface area contributed by atoms with Crippen molar-refractivity contribution in [1.29, 1.82) is 0 Å². The van der Waals surface area contributed by atoms with Crippen molar-refractivity contribution in [3.63, 3.8) is 0 Å². The second-order valence-corrected chi connectivity index (χ2v) is 6.41. The highest BCUT2D eigenvalue weighted by Crippen LogP contribution is 2.11. The van der Waals surface area contributed by atoms with Gasteiger partial charge in [0.25, 0.3) is 0 Å². The molecule has 1 aromatic rings. The Bertz CT molecular complexity index is 454. The first-order valence-corrected chi connectivity index (χ1v) is 7.76. The lowest BCUT2D eigenvalue weighted by Crippen LogP contribution is -2.50. The van der Waals surface area contributed by atoms with E-state index in [1.54, 1.807) is 0 Å². The molecule has 1 aromatic carbocycles. The monoisotopic (exact) mass is 292 g/mol. The van der Waals surface area contributed by atoms with Crippen LogP contribution in [0.5, 0.6) is 0 Å². The molecule has 4 nitrogen and oxygen atoms in total. The molecule has 21 heavy (non-hydrogen) atoms.